The minimum Gasteiger partial charge on any atom is -0.479 e. The van der Waals surface area contributed by atoms with E-state index in [4.69, 9.17) is 9.47 Å². The summed E-state index contributed by atoms with van der Waals surface area (Å²) in [5, 5.41) is 0. The molecule has 2 atom stereocenters. The lowest BCUT2D eigenvalue weighted by molar-refractivity contribution is -0.131. The van der Waals surface area contributed by atoms with Crippen molar-refractivity contribution in [2.24, 2.45) is 0 Å². The van der Waals surface area contributed by atoms with Crippen LogP contribution in [0.25, 0.3) is 0 Å². The van der Waals surface area contributed by atoms with E-state index >= 15 is 0 Å². The summed E-state index contributed by atoms with van der Waals surface area (Å²) in [6.07, 6.45) is 3.56. The molecule has 2 aromatic rings. The quantitative estimate of drug-likeness (QED) is 0.672. The van der Waals surface area contributed by atoms with Crippen LogP contribution in [0.4, 0.5) is 10.1 Å². The first-order valence-electron chi connectivity index (χ1n) is 11.6. The third-order valence-electron chi connectivity index (χ3n) is 6.65. The number of likely N-dealkylation sites (tertiary alicyclic amines) is 1. The first-order chi connectivity index (χ1) is 16.4. The van der Waals surface area contributed by atoms with E-state index in [1.165, 1.54) is 17.2 Å². The standard InChI is InChI=1S/C25H26FN3O5/c1-15(30)28-9-2-3-18(14-28)34-24-7-4-17(13-27-24)33-23-8-10-29(25(23)32)16-11-20-19(21(26)12-16)5-6-22(20)31/h4,7,11-13,18,23H,2-3,5-6,8-10,14H2,1H3/t18?,23-/m1/s1. The monoisotopic (exact) mass is 467 g/mol. The predicted octanol–water partition coefficient (Wildman–Crippen LogP) is 2.92. The fourth-order valence-electron chi connectivity index (χ4n) is 4.84. The van der Waals surface area contributed by atoms with Gasteiger partial charge in [-0.2, -0.15) is 0 Å². The molecule has 0 saturated carbocycles. The Labute approximate surface area is 196 Å². The highest BCUT2D eigenvalue weighted by Gasteiger charge is 2.36. The van der Waals surface area contributed by atoms with Crippen molar-refractivity contribution in [1.29, 1.82) is 0 Å². The van der Waals surface area contributed by atoms with Crippen molar-refractivity contribution in [2.75, 3.05) is 24.5 Å². The van der Waals surface area contributed by atoms with Crippen LogP contribution in [-0.2, 0) is 16.0 Å². The number of carbonyl (C=O) groups excluding carboxylic acids is 3. The second-order valence-corrected chi connectivity index (χ2v) is 8.94. The second kappa shape index (κ2) is 9.04. The molecule has 178 valence electrons. The summed E-state index contributed by atoms with van der Waals surface area (Å²) in [7, 11) is 0. The Morgan fingerprint density at radius 3 is 2.74 bits per heavy atom. The van der Waals surface area contributed by atoms with Gasteiger partial charge >= 0.3 is 0 Å². The molecule has 3 heterocycles. The molecule has 1 aliphatic carbocycles. The summed E-state index contributed by atoms with van der Waals surface area (Å²) in [6, 6.07) is 6.31. The van der Waals surface area contributed by atoms with Crippen LogP contribution in [0.5, 0.6) is 11.6 Å². The first kappa shape index (κ1) is 22.3. The maximum atomic E-state index is 14.5. The number of pyridine rings is 1. The van der Waals surface area contributed by atoms with Gasteiger partial charge in [0.15, 0.2) is 11.9 Å². The van der Waals surface area contributed by atoms with Gasteiger partial charge in [-0.3, -0.25) is 14.4 Å². The number of halogens is 1. The van der Waals surface area contributed by atoms with Gasteiger partial charge in [-0.25, -0.2) is 9.37 Å². The van der Waals surface area contributed by atoms with Gasteiger partial charge in [0.2, 0.25) is 11.8 Å². The summed E-state index contributed by atoms with van der Waals surface area (Å²) in [5.74, 6) is 0.0777. The molecule has 1 aromatic carbocycles. The van der Waals surface area contributed by atoms with Gasteiger partial charge < -0.3 is 19.3 Å². The van der Waals surface area contributed by atoms with E-state index in [2.05, 4.69) is 4.98 Å². The Bertz CT molecular complexity index is 1140. The zero-order chi connectivity index (χ0) is 23.8. The highest BCUT2D eigenvalue weighted by molar-refractivity contribution is 6.04. The molecular formula is C25H26FN3O5. The summed E-state index contributed by atoms with van der Waals surface area (Å²) >= 11 is 0. The third kappa shape index (κ3) is 4.34. The number of benzene rings is 1. The zero-order valence-electron chi connectivity index (χ0n) is 19.0. The van der Waals surface area contributed by atoms with Gasteiger partial charge in [0.05, 0.1) is 12.7 Å². The van der Waals surface area contributed by atoms with E-state index in [1.807, 2.05) is 0 Å². The molecule has 34 heavy (non-hydrogen) atoms. The lowest BCUT2D eigenvalue weighted by Crippen LogP contribution is -2.43. The number of anilines is 1. The number of ketones is 1. The van der Waals surface area contributed by atoms with E-state index in [1.54, 1.807) is 30.0 Å². The molecule has 9 heteroatoms. The number of piperidine rings is 1. The summed E-state index contributed by atoms with van der Waals surface area (Å²) in [6.45, 7) is 3.21. The molecule has 0 bridgehead atoms. The van der Waals surface area contributed by atoms with E-state index in [0.29, 0.717) is 60.8 Å². The summed E-state index contributed by atoms with van der Waals surface area (Å²) in [5.41, 5.74) is 1.19. The lowest BCUT2D eigenvalue weighted by Gasteiger charge is -2.31. The van der Waals surface area contributed by atoms with Gasteiger partial charge in [-0.1, -0.05) is 0 Å². The van der Waals surface area contributed by atoms with Crippen molar-refractivity contribution in [3.05, 3.63) is 47.4 Å². The van der Waals surface area contributed by atoms with E-state index in [0.717, 1.165) is 19.4 Å². The van der Waals surface area contributed by atoms with Crippen molar-refractivity contribution in [2.45, 2.75) is 51.2 Å². The summed E-state index contributed by atoms with van der Waals surface area (Å²) in [4.78, 5) is 44.1. The molecule has 5 rings (SSSR count). The number of fused-ring (bicyclic) bond motifs is 1. The number of ether oxygens (including phenoxy) is 2. The molecule has 8 nitrogen and oxygen atoms in total. The number of nitrogens with zero attached hydrogens (tertiary/aromatic N) is 3. The van der Waals surface area contributed by atoms with E-state index < -0.39 is 11.9 Å². The van der Waals surface area contributed by atoms with Crippen molar-refractivity contribution < 1.29 is 28.2 Å². The van der Waals surface area contributed by atoms with Crippen molar-refractivity contribution in [3.63, 3.8) is 0 Å². The SMILES string of the molecule is CC(=O)N1CCCC(Oc2ccc(O[C@@H]3CCN(c4cc(F)c5c(c4)C(=O)CC5)C3=O)cn2)C1. The number of aromatic nitrogens is 1. The maximum Gasteiger partial charge on any atom is 0.268 e. The van der Waals surface area contributed by atoms with Gasteiger partial charge in [-0.15, -0.1) is 0 Å². The van der Waals surface area contributed by atoms with Crippen LogP contribution in [0.2, 0.25) is 0 Å². The molecule has 2 saturated heterocycles. The Morgan fingerprint density at radius 1 is 1.12 bits per heavy atom. The van der Waals surface area contributed by atoms with Crippen LogP contribution in [0.1, 0.15) is 48.5 Å². The number of hydrogen-bond donors (Lipinski definition) is 0. The lowest BCUT2D eigenvalue weighted by atomic mass is 10.1. The highest BCUT2D eigenvalue weighted by atomic mass is 19.1. The molecule has 3 aliphatic rings. The fourth-order valence-corrected chi connectivity index (χ4v) is 4.84. The van der Waals surface area contributed by atoms with Gasteiger partial charge in [0.1, 0.15) is 17.7 Å². The van der Waals surface area contributed by atoms with Crippen molar-refractivity contribution in [3.8, 4) is 11.6 Å². The molecule has 0 radical (unpaired) electrons. The molecule has 0 N–H and O–H groups in total. The third-order valence-corrected chi connectivity index (χ3v) is 6.65. The van der Waals surface area contributed by atoms with Gasteiger partial charge in [0.25, 0.3) is 5.91 Å². The molecule has 2 fully saturated rings. The Balaban J connectivity index is 1.21. The smallest absolute Gasteiger partial charge is 0.268 e. The minimum atomic E-state index is -0.719. The normalized spacial score (nSPS) is 22.2. The number of hydrogen-bond acceptors (Lipinski definition) is 6. The first-order valence-corrected chi connectivity index (χ1v) is 11.6. The molecule has 2 amide bonds. The average molecular weight is 467 g/mol. The Morgan fingerprint density at radius 2 is 1.97 bits per heavy atom. The van der Waals surface area contributed by atoms with E-state index in [-0.39, 0.29) is 23.7 Å². The maximum absolute atomic E-state index is 14.5. The van der Waals surface area contributed by atoms with E-state index in [9.17, 15) is 18.8 Å². The van der Waals surface area contributed by atoms with Crippen LogP contribution < -0.4 is 14.4 Å². The van der Waals surface area contributed by atoms with Crippen molar-refractivity contribution >= 4 is 23.3 Å². The van der Waals surface area contributed by atoms with Crippen LogP contribution in [-0.4, -0.2) is 59.3 Å². The van der Waals surface area contributed by atoms with Crippen LogP contribution in [0.3, 0.4) is 0 Å². The molecule has 1 unspecified atom stereocenters. The molecule has 1 aromatic heterocycles. The second-order valence-electron chi connectivity index (χ2n) is 8.94. The summed E-state index contributed by atoms with van der Waals surface area (Å²) < 4.78 is 26.2. The molecule has 0 spiro atoms. The van der Waals surface area contributed by atoms with Gasteiger partial charge in [0, 0.05) is 50.2 Å². The number of Topliss-reactive ketones (excluding diaryl/α,β-unsaturated/α-hetero) is 1. The number of carbonyl (C=O) groups is 3. The van der Waals surface area contributed by atoms with Crippen LogP contribution in [0, 0.1) is 5.82 Å². The van der Waals surface area contributed by atoms with Crippen LogP contribution >= 0.6 is 0 Å². The van der Waals surface area contributed by atoms with Crippen molar-refractivity contribution in [1.82, 2.24) is 9.88 Å². The molecular weight excluding hydrogens is 441 g/mol. The number of rotatable bonds is 5. The molecule has 2 aliphatic heterocycles. The predicted molar refractivity (Wildman–Crippen MR) is 121 cm³/mol. The average Bonchev–Trinajstić information content (AvgIpc) is 3.38. The Kier molecular flexibility index (Phi) is 5.93. The number of amides is 2. The zero-order valence-corrected chi connectivity index (χ0v) is 19.0. The van der Waals surface area contributed by atoms with Crippen LogP contribution in [0.15, 0.2) is 30.5 Å². The fraction of sp³-hybridized carbons (Fsp3) is 0.440. The largest absolute Gasteiger partial charge is 0.479 e. The Hall–Kier alpha value is -3.49. The highest BCUT2D eigenvalue weighted by Crippen LogP contribution is 2.32. The minimum absolute atomic E-state index is 0.0366. The topological polar surface area (TPSA) is 89.0 Å². The van der Waals surface area contributed by atoms with Gasteiger partial charge in [-0.05, 0) is 43.0 Å².